The number of piperidine rings is 1. The molecule has 1 fully saturated rings. The third-order valence-electron chi connectivity index (χ3n) is 4.60. The van der Waals surface area contributed by atoms with Crippen molar-refractivity contribution < 1.29 is 0 Å². The van der Waals surface area contributed by atoms with Gasteiger partial charge in [0.25, 0.3) is 0 Å². The molecule has 2 unspecified atom stereocenters. The monoisotopic (exact) mass is 262 g/mol. The van der Waals surface area contributed by atoms with Gasteiger partial charge in [-0.05, 0) is 50.9 Å². The van der Waals surface area contributed by atoms with Crippen molar-refractivity contribution in [2.75, 3.05) is 13.1 Å². The highest BCUT2D eigenvalue weighted by molar-refractivity contribution is 5.19. The van der Waals surface area contributed by atoms with Crippen LogP contribution in [0.1, 0.15) is 51.1 Å². The van der Waals surface area contributed by atoms with E-state index in [1.54, 1.807) is 6.20 Å². The van der Waals surface area contributed by atoms with Gasteiger partial charge in [-0.15, -0.1) is 0 Å². The van der Waals surface area contributed by atoms with Crippen molar-refractivity contribution in [3.05, 3.63) is 30.1 Å². The lowest BCUT2D eigenvalue weighted by Crippen LogP contribution is -2.57. The van der Waals surface area contributed by atoms with Crippen LogP contribution < -0.4 is 11.3 Å². The zero-order valence-electron chi connectivity index (χ0n) is 12.1. The molecule has 19 heavy (non-hydrogen) atoms. The zero-order valence-corrected chi connectivity index (χ0v) is 12.1. The Morgan fingerprint density at radius 2 is 2.16 bits per heavy atom. The molecule has 0 saturated carbocycles. The van der Waals surface area contributed by atoms with E-state index in [4.69, 9.17) is 5.84 Å². The SMILES string of the molecule is CCC(C)(C(NN)c1cccnc1)N1CCCCC1. The maximum Gasteiger partial charge on any atom is 0.0656 e. The summed E-state index contributed by atoms with van der Waals surface area (Å²) in [5, 5.41) is 0. The average Bonchev–Trinajstić information content (AvgIpc) is 2.49. The Bertz CT molecular complexity index is 375. The number of hydrogen-bond donors (Lipinski definition) is 2. The number of nitrogens with one attached hydrogen (secondary N) is 1. The molecule has 0 aliphatic carbocycles. The van der Waals surface area contributed by atoms with E-state index in [0.717, 1.165) is 6.42 Å². The van der Waals surface area contributed by atoms with Crippen molar-refractivity contribution in [3.8, 4) is 0 Å². The van der Waals surface area contributed by atoms with Gasteiger partial charge in [-0.1, -0.05) is 19.4 Å². The maximum atomic E-state index is 5.87. The Labute approximate surface area is 116 Å². The van der Waals surface area contributed by atoms with Gasteiger partial charge in [-0.2, -0.15) is 0 Å². The molecule has 106 valence electrons. The van der Waals surface area contributed by atoms with E-state index in [1.807, 2.05) is 12.3 Å². The summed E-state index contributed by atoms with van der Waals surface area (Å²) in [7, 11) is 0. The molecule has 2 rings (SSSR count). The quantitative estimate of drug-likeness (QED) is 0.631. The van der Waals surface area contributed by atoms with Crippen LogP contribution in [-0.2, 0) is 0 Å². The van der Waals surface area contributed by atoms with Gasteiger partial charge in [0.1, 0.15) is 0 Å². The topological polar surface area (TPSA) is 54.2 Å². The van der Waals surface area contributed by atoms with E-state index >= 15 is 0 Å². The lowest BCUT2D eigenvalue weighted by molar-refractivity contribution is 0.0423. The Balaban J connectivity index is 2.26. The van der Waals surface area contributed by atoms with Gasteiger partial charge >= 0.3 is 0 Å². The summed E-state index contributed by atoms with van der Waals surface area (Å²) in [5.41, 5.74) is 4.23. The van der Waals surface area contributed by atoms with Crippen LogP contribution in [0.5, 0.6) is 0 Å². The van der Waals surface area contributed by atoms with Crippen LogP contribution in [0.25, 0.3) is 0 Å². The fourth-order valence-corrected chi connectivity index (χ4v) is 3.20. The van der Waals surface area contributed by atoms with Crippen molar-refractivity contribution in [3.63, 3.8) is 0 Å². The minimum absolute atomic E-state index is 0.0399. The molecule has 0 amide bonds. The smallest absolute Gasteiger partial charge is 0.0656 e. The lowest BCUT2D eigenvalue weighted by Gasteiger charge is -2.47. The van der Waals surface area contributed by atoms with Crippen LogP contribution in [-0.4, -0.2) is 28.5 Å². The first-order valence-corrected chi connectivity index (χ1v) is 7.33. The molecular weight excluding hydrogens is 236 g/mol. The van der Waals surface area contributed by atoms with E-state index < -0.39 is 0 Å². The van der Waals surface area contributed by atoms with Gasteiger partial charge < -0.3 is 0 Å². The molecule has 1 aromatic heterocycles. The molecule has 2 heterocycles. The Morgan fingerprint density at radius 3 is 2.68 bits per heavy atom. The number of likely N-dealkylation sites (tertiary alicyclic amines) is 1. The van der Waals surface area contributed by atoms with Gasteiger partial charge in [0.05, 0.1) is 6.04 Å². The zero-order chi connectivity index (χ0) is 13.7. The van der Waals surface area contributed by atoms with Crippen molar-refractivity contribution in [1.82, 2.24) is 15.3 Å². The fraction of sp³-hybridized carbons (Fsp3) is 0.667. The highest BCUT2D eigenvalue weighted by Crippen LogP contribution is 2.35. The first kappa shape index (κ1) is 14.4. The maximum absolute atomic E-state index is 5.87. The predicted octanol–water partition coefficient (Wildman–Crippen LogP) is 2.24. The van der Waals surface area contributed by atoms with Crippen LogP contribution in [0.4, 0.5) is 0 Å². The normalized spacial score (nSPS) is 21.8. The highest BCUT2D eigenvalue weighted by Gasteiger charge is 2.39. The highest BCUT2D eigenvalue weighted by atomic mass is 15.3. The standard InChI is InChI=1S/C15H26N4/c1-3-15(2,19-10-5-4-6-11-19)14(18-16)13-8-7-9-17-12-13/h7-9,12,14,18H,3-6,10-11,16H2,1-2H3. The number of nitrogens with two attached hydrogens (primary N) is 1. The van der Waals surface area contributed by atoms with Crippen molar-refractivity contribution in [2.24, 2.45) is 5.84 Å². The van der Waals surface area contributed by atoms with E-state index in [0.29, 0.717) is 0 Å². The Hall–Kier alpha value is -0.970. The minimum Gasteiger partial charge on any atom is -0.296 e. The van der Waals surface area contributed by atoms with Crippen molar-refractivity contribution in [1.29, 1.82) is 0 Å². The molecule has 3 N–H and O–H groups in total. The van der Waals surface area contributed by atoms with Crippen molar-refractivity contribution >= 4 is 0 Å². The summed E-state index contributed by atoms with van der Waals surface area (Å²) in [6, 6.07) is 4.20. The first-order chi connectivity index (χ1) is 9.22. The molecule has 1 saturated heterocycles. The molecule has 1 aromatic rings. The Morgan fingerprint density at radius 1 is 1.42 bits per heavy atom. The number of hydrazine groups is 1. The lowest BCUT2D eigenvalue weighted by atomic mass is 9.82. The first-order valence-electron chi connectivity index (χ1n) is 7.33. The number of nitrogens with zero attached hydrogens (tertiary/aromatic N) is 2. The third kappa shape index (κ3) is 2.96. The average molecular weight is 262 g/mol. The van der Waals surface area contributed by atoms with Crippen LogP contribution in [0.2, 0.25) is 0 Å². The van der Waals surface area contributed by atoms with E-state index in [2.05, 4.69) is 35.2 Å². The number of rotatable bonds is 5. The van der Waals surface area contributed by atoms with Gasteiger partial charge in [0, 0.05) is 17.9 Å². The van der Waals surface area contributed by atoms with Crippen molar-refractivity contribution in [2.45, 2.75) is 51.1 Å². The molecule has 0 radical (unpaired) electrons. The van der Waals surface area contributed by atoms with Crippen LogP contribution in [0, 0.1) is 0 Å². The van der Waals surface area contributed by atoms with Gasteiger partial charge in [0.2, 0.25) is 0 Å². The molecular formula is C15H26N4. The minimum atomic E-state index is 0.0399. The molecule has 0 spiro atoms. The molecule has 1 aliphatic rings. The molecule has 0 bridgehead atoms. The largest absolute Gasteiger partial charge is 0.296 e. The Kier molecular flexibility index (Phi) is 4.91. The molecule has 2 atom stereocenters. The number of pyridine rings is 1. The molecule has 4 nitrogen and oxygen atoms in total. The second-order valence-electron chi connectivity index (χ2n) is 5.64. The molecule has 1 aliphatic heterocycles. The number of aromatic nitrogens is 1. The van der Waals surface area contributed by atoms with E-state index in [-0.39, 0.29) is 11.6 Å². The summed E-state index contributed by atoms with van der Waals surface area (Å²) in [6.45, 7) is 6.90. The van der Waals surface area contributed by atoms with Crippen LogP contribution in [0.3, 0.4) is 0 Å². The van der Waals surface area contributed by atoms with Gasteiger partial charge in [0.15, 0.2) is 0 Å². The molecule has 0 aromatic carbocycles. The van der Waals surface area contributed by atoms with E-state index in [9.17, 15) is 0 Å². The second kappa shape index (κ2) is 6.46. The third-order valence-corrected chi connectivity index (χ3v) is 4.60. The van der Waals surface area contributed by atoms with Crippen LogP contribution >= 0.6 is 0 Å². The van der Waals surface area contributed by atoms with Gasteiger partial charge in [-0.25, -0.2) is 0 Å². The van der Waals surface area contributed by atoms with E-state index in [1.165, 1.54) is 37.9 Å². The molecule has 4 heteroatoms. The summed E-state index contributed by atoms with van der Waals surface area (Å²) < 4.78 is 0. The predicted molar refractivity (Wildman–Crippen MR) is 78.4 cm³/mol. The van der Waals surface area contributed by atoms with Crippen LogP contribution in [0.15, 0.2) is 24.5 Å². The number of hydrogen-bond acceptors (Lipinski definition) is 4. The fourth-order valence-electron chi connectivity index (χ4n) is 3.20. The van der Waals surface area contributed by atoms with Gasteiger partial charge in [-0.3, -0.25) is 21.2 Å². The summed E-state index contributed by atoms with van der Waals surface area (Å²) >= 11 is 0. The summed E-state index contributed by atoms with van der Waals surface area (Å²) in [6.07, 6.45) is 8.73. The summed E-state index contributed by atoms with van der Waals surface area (Å²) in [5.74, 6) is 5.87. The summed E-state index contributed by atoms with van der Waals surface area (Å²) in [4.78, 5) is 6.82. The second-order valence-corrected chi connectivity index (χ2v) is 5.64.